The monoisotopic (exact) mass is 660 g/mol. The molecular formula is C41H56O7. The van der Waals surface area contributed by atoms with E-state index >= 15 is 0 Å². The zero-order valence-electron chi connectivity index (χ0n) is 29.4. The molecule has 0 bridgehead atoms. The van der Waals surface area contributed by atoms with Crippen molar-refractivity contribution in [3.63, 3.8) is 0 Å². The smallest absolute Gasteiger partial charge is 0.343 e. The van der Waals surface area contributed by atoms with E-state index in [1.54, 1.807) is 24.3 Å². The fourth-order valence-corrected chi connectivity index (χ4v) is 5.21. The van der Waals surface area contributed by atoms with E-state index in [0.29, 0.717) is 44.2 Å². The van der Waals surface area contributed by atoms with Crippen LogP contribution in [0, 0.1) is 0 Å². The summed E-state index contributed by atoms with van der Waals surface area (Å²) in [6.07, 6.45) is 13.2. The first-order valence-corrected chi connectivity index (χ1v) is 18.0. The minimum atomic E-state index is -0.437. The second-order valence-electron chi connectivity index (χ2n) is 12.2. The molecule has 0 aliphatic heterocycles. The van der Waals surface area contributed by atoms with Crippen molar-refractivity contribution in [1.29, 1.82) is 0 Å². The van der Waals surface area contributed by atoms with Gasteiger partial charge in [0.05, 0.1) is 25.4 Å². The Morgan fingerprint density at radius 2 is 1.08 bits per heavy atom. The second kappa shape index (κ2) is 23.6. The first-order valence-electron chi connectivity index (χ1n) is 18.0. The van der Waals surface area contributed by atoms with Crippen molar-refractivity contribution >= 4 is 11.9 Å². The molecule has 0 saturated carbocycles. The van der Waals surface area contributed by atoms with Crippen molar-refractivity contribution in [2.75, 3.05) is 33.0 Å². The van der Waals surface area contributed by atoms with Crippen LogP contribution >= 0.6 is 0 Å². The predicted molar refractivity (Wildman–Crippen MR) is 192 cm³/mol. The van der Waals surface area contributed by atoms with Gasteiger partial charge in [-0.1, -0.05) is 108 Å². The predicted octanol–water partition coefficient (Wildman–Crippen LogP) is 10.3. The van der Waals surface area contributed by atoms with Gasteiger partial charge in [0, 0.05) is 13.0 Å². The lowest BCUT2D eigenvalue weighted by Gasteiger charge is -2.14. The zero-order chi connectivity index (χ0) is 34.2. The number of esters is 2. The summed E-state index contributed by atoms with van der Waals surface area (Å²) in [6, 6.07) is 22.3. The second-order valence-corrected chi connectivity index (χ2v) is 12.2. The maximum atomic E-state index is 12.8. The number of hydrogen-bond donors (Lipinski definition) is 0. The highest BCUT2D eigenvalue weighted by Gasteiger charge is 2.14. The summed E-state index contributed by atoms with van der Waals surface area (Å²) in [7, 11) is 0. The van der Waals surface area contributed by atoms with Crippen LogP contribution in [0.25, 0.3) is 11.1 Å². The van der Waals surface area contributed by atoms with Crippen molar-refractivity contribution in [3.8, 4) is 22.6 Å². The third-order valence-corrected chi connectivity index (χ3v) is 8.17. The van der Waals surface area contributed by atoms with Crippen molar-refractivity contribution in [2.24, 2.45) is 0 Å². The Labute approximate surface area is 288 Å². The zero-order valence-corrected chi connectivity index (χ0v) is 29.4. The average molecular weight is 661 g/mol. The molecule has 3 aromatic rings. The molecule has 48 heavy (non-hydrogen) atoms. The molecule has 0 aliphatic rings. The number of hydrogen-bond acceptors (Lipinski definition) is 7. The third-order valence-electron chi connectivity index (χ3n) is 8.17. The molecule has 0 fully saturated rings. The van der Waals surface area contributed by atoms with Crippen LogP contribution in [0.15, 0.2) is 72.8 Å². The van der Waals surface area contributed by atoms with Gasteiger partial charge in [-0.3, -0.25) is 4.79 Å². The first-order chi connectivity index (χ1) is 23.5. The molecule has 0 radical (unpaired) electrons. The fraction of sp³-hybridized carbons (Fsp3) is 0.512. The van der Waals surface area contributed by atoms with Crippen molar-refractivity contribution < 1.29 is 33.3 Å². The topological polar surface area (TPSA) is 80.3 Å². The van der Waals surface area contributed by atoms with E-state index in [1.165, 1.54) is 44.9 Å². The number of carbonyl (C=O) groups is 2. The number of unbranched alkanes of at least 4 members (excludes halogenated alkanes) is 9. The lowest BCUT2D eigenvalue weighted by molar-refractivity contribution is -0.148. The quantitative estimate of drug-likeness (QED) is 0.0508. The number of ether oxygens (including phenoxy) is 5. The van der Waals surface area contributed by atoms with Gasteiger partial charge < -0.3 is 23.7 Å². The van der Waals surface area contributed by atoms with Crippen LogP contribution in [0.1, 0.15) is 120 Å². The van der Waals surface area contributed by atoms with Gasteiger partial charge in [-0.15, -0.1) is 0 Å². The molecule has 1 unspecified atom stereocenters. The van der Waals surface area contributed by atoms with Crippen LogP contribution in [0.4, 0.5) is 0 Å². The minimum Gasteiger partial charge on any atom is -0.491 e. The Hall–Kier alpha value is -3.68. The molecule has 3 aromatic carbocycles. The Bertz CT molecular complexity index is 1290. The molecule has 7 nitrogen and oxygen atoms in total. The minimum absolute atomic E-state index is 0.172. The van der Waals surface area contributed by atoms with Crippen LogP contribution < -0.4 is 9.47 Å². The molecular weight excluding hydrogens is 604 g/mol. The SMILES string of the molecule is CCCCCCCCCCCC(=O)OC(C)c1ccc(OC(=O)c2ccc(-c3ccc(OCCOCCOCCCC)cc3)cc2)cc1. The van der Waals surface area contributed by atoms with Gasteiger partial charge in [0.25, 0.3) is 0 Å². The van der Waals surface area contributed by atoms with E-state index in [0.717, 1.165) is 54.7 Å². The lowest BCUT2D eigenvalue weighted by Crippen LogP contribution is -2.11. The molecule has 0 N–H and O–H groups in total. The fourth-order valence-electron chi connectivity index (χ4n) is 5.21. The summed E-state index contributed by atoms with van der Waals surface area (Å²) in [4.78, 5) is 25.1. The Morgan fingerprint density at radius 1 is 0.562 bits per heavy atom. The number of benzene rings is 3. The van der Waals surface area contributed by atoms with Crippen LogP contribution in [0.3, 0.4) is 0 Å². The lowest BCUT2D eigenvalue weighted by atomic mass is 10.0. The van der Waals surface area contributed by atoms with Gasteiger partial charge in [0.1, 0.15) is 24.2 Å². The molecule has 0 aromatic heterocycles. The van der Waals surface area contributed by atoms with E-state index in [9.17, 15) is 9.59 Å². The van der Waals surface area contributed by atoms with Gasteiger partial charge in [-0.05, 0) is 72.9 Å². The molecule has 3 rings (SSSR count). The van der Waals surface area contributed by atoms with E-state index in [2.05, 4.69) is 13.8 Å². The third kappa shape index (κ3) is 15.5. The molecule has 262 valence electrons. The molecule has 7 heteroatoms. The van der Waals surface area contributed by atoms with E-state index in [4.69, 9.17) is 23.7 Å². The normalized spacial score (nSPS) is 11.6. The largest absolute Gasteiger partial charge is 0.491 e. The summed E-state index contributed by atoms with van der Waals surface area (Å²) in [5, 5.41) is 0. The maximum absolute atomic E-state index is 12.8. The van der Waals surface area contributed by atoms with E-state index < -0.39 is 5.97 Å². The van der Waals surface area contributed by atoms with Crippen molar-refractivity contribution in [3.05, 3.63) is 83.9 Å². The van der Waals surface area contributed by atoms with Crippen LogP contribution in [0.5, 0.6) is 11.5 Å². The highest BCUT2D eigenvalue weighted by molar-refractivity contribution is 5.91. The molecule has 1 atom stereocenters. The Morgan fingerprint density at radius 3 is 1.71 bits per heavy atom. The molecule has 0 heterocycles. The van der Waals surface area contributed by atoms with E-state index in [-0.39, 0.29) is 12.1 Å². The standard InChI is InChI=1S/C41H56O7/c1-4-6-8-9-10-11-12-13-14-15-40(42)47-33(3)34-20-26-39(27-21-34)48-41(43)37-18-16-35(17-19-37)36-22-24-38(25-23-36)46-32-31-45-30-29-44-28-7-5-2/h16-27,33H,4-15,28-32H2,1-3H3. The van der Waals surface area contributed by atoms with Crippen LogP contribution in [0.2, 0.25) is 0 Å². The van der Waals surface area contributed by atoms with Gasteiger partial charge in [-0.2, -0.15) is 0 Å². The average Bonchev–Trinajstić information content (AvgIpc) is 3.11. The molecule has 0 aliphatic carbocycles. The summed E-state index contributed by atoms with van der Waals surface area (Å²) < 4.78 is 28.0. The molecule has 0 spiro atoms. The van der Waals surface area contributed by atoms with Gasteiger partial charge >= 0.3 is 11.9 Å². The number of rotatable bonds is 25. The summed E-state index contributed by atoms with van der Waals surface area (Å²) >= 11 is 0. The van der Waals surface area contributed by atoms with Crippen molar-refractivity contribution in [1.82, 2.24) is 0 Å². The summed E-state index contributed by atoms with van der Waals surface area (Å²) in [5.74, 6) is 0.596. The maximum Gasteiger partial charge on any atom is 0.343 e. The first kappa shape index (κ1) is 38.8. The van der Waals surface area contributed by atoms with Crippen LogP contribution in [-0.4, -0.2) is 45.0 Å². The van der Waals surface area contributed by atoms with Gasteiger partial charge in [0.15, 0.2) is 0 Å². The molecule has 0 saturated heterocycles. The van der Waals surface area contributed by atoms with E-state index in [1.807, 2.05) is 55.5 Å². The van der Waals surface area contributed by atoms with Gasteiger partial charge in [0.2, 0.25) is 0 Å². The van der Waals surface area contributed by atoms with Gasteiger partial charge in [-0.25, -0.2) is 4.79 Å². The Balaban J connectivity index is 1.34. The summed E-state index contributed by atoms with van der Waals surface area (Å²) in [5.41, 5.74) is 3.31. The van der Waals surface area contributed by atoms with Crippen LogP contribution in [-0.2, 0) is 19.0 Å². The molecule has 0 amide bonds. The highest BCUT2D eigenvalue weighted by Crippen LogP contribution is 2.25. The van der Waals surface area contributed by atoms with Crippen molar-refractivity contribution in [2.45, 2.75) is 104 Å². The summed E-state index contributed by atoms with van der Waals surface area (Å²) in [6.45, 7) is 9.18. The Kier molecular flexibility index (Phi) is 19.1. The highest BCUT2D eigenvalue weighted by atomic mass is 16.5. The number of carbonyl (C=O) groups excluding carboxylic acids is 2.